The largest absolute Gasteiger partial charge is 0.478 e. The third kappa shape index (κ3) is 4.03. The zero-order chi connectivity index (χ0) is 23.7. The van der Waals surface area contributed by atoms with Gasteiger partial charge in [-0.2, -0.15) is 5.10 Å². The van der Waals surface area contributed by atoms with Crippen molar-refractivity contribution in [1.82, 2.24) is 9.58 Å². The van der Waals surface area contributed by atoms with E-state index in [0.717, 1.165) is 16.5 Å². The van der Waals surface area contributed by atoms with Crippen molar-refractivity contribution in [3.05, 3.63) is 77.0 Å². The van der Waals surface area contributed by atoms with Crippen LogP contribution in [-0.4, -0.2) is 45.3 Å². The fraction of sp³-hybridized carbons (Fsp3) is 0.200. The molecule has 2 heterocycles. The van der Waals surface area contributed by atoms with Crippen LogP contribution in [0.15, 0.2) is 65.4 Å². The second-order valence-electron chi connectivity index (χ2n) is 7.78. The molecule has 0 bridgehead atoms. The molecule has 3 aromatic rings. The molecule has 1 N–H and O–H groups in total. The molecule has 1 aromatic heterocycles. The average molecular weight is 445 g/mol. The van der Waals surface area contributed by atoms with E-state index in [0.29, 0.717) is 16.8 Å². The zero-order valence-electron chi connectivity index (χ0n) is 18.5. The number of hydrogen-bond donors (Lipinski definition) is 1. The molecular formula is C25H23N3O5. The number of amides is 1. The number of hydrogen-bond acceptors (Lipinski definition) is 5. The summed E-state index contributed by atoms with van der Waals surface area (Å²) in [6.45, 7) is 3.55. The number of ether oxygens (including phenoxy) is 1. The molecule has 0 saturated carbocycles. The summed E-state index contributed by atoms with van der Waals surface area (Å²) in [7, 11) is 1.35. The van der Waals surface area contributed by atoms with Crippen molar-refractivity contribution < 1.29 is 24.2 Å². The maximum absolute atomic E-state index is 13.2. The first kappa shape index (κ1) is 22.0. The van der Waals surface area contributed by atoms with Crippen LogP contribution in [-0.2, 0) is 20.9 Å². The summed E-state index contributed by atoms with van der Waals surface area (Å²) in [5.41, 5.74) is 3.19. The molecule has 0 spiro atoms. The van der Waals surface area contributed by atoms with Gasteiger partial charge in [-0.25, -0.2) is 14.6 Å². The van der Waals surface area contributed by atoms with Gasteiger partial charge < -0.3 is 14.4 Å². The van der Waals surface area contributed by atoms with E-state index < -0.39 is 12.0 Å². The van der Waals surface area contributed by atoms with E-state index in [2.05, 4.69) is 5.10 Å². The van der Waals surface area contributed by atoms with Gasteiger partial charge in [-0.3, -0.25) is 4.79 Å². The SMILES string of the molecule is COC(=O)C(C)n1cc(C=C2C(=O)N(Cc3ccccc3C(=O)O)N=C2C)c2ccccc21. The van der Waals surface area contributed by atoms with E-state index >= 15 is 0 Å². The van der Waals surface area contributed by atoms with Crippen LogP contribution in [0.5, 0.6) is 0 Å². The lowest BCUT2D eigenvalue weighted by atomic mass is 10.1. The molecule has 0 saturated heterocycles. The number of esters is 1. The molecule has 0 radical (unpaired) electrons. The molecule has 2 aromatic carbocycles. The highest BCUT2D eigenvalue weighted by atomic mass is 16.5. The first-order chi connectivity index (χ1) is 15.8. The summed E-state index contributed by atoms with van der Waals surface area (Å²) in [6, 6.07) is 13.6. The van der Waals surface area contributed by atoms with Gasteiger partial charge in [0.15, 0.2) is 0 Å². The van der Waals surface area contributed by atoms with E-state index in [1.807, 2.05) is 35.0 Å². The number of benzene rings is 2. The first-order valence-corrected chi connectivity index (χ1v) is 10.4. The van der Waals surface area contributed by atoms with Gasteiger partial charge >= 0.3 is 11.9 Å². The molecule has 8 nitrogen and oxygen atoms in total. The molecular weight excluding hydrogens is 422 g/mol. The minimum atomic E-state index is -1.05. The number of carbonyl (C=O) groups is 3. The standard InChI is InChI=1S/C25H23N3O5/c1-15-21(23(29)28(26-15)14-17-8-4-5-10-20(17)24(30)31)12-18-13-27(16(2)25(32)33-3)22-11-7-6-9-19(18)22/h4-13,16H,14H2,1-3H3,(H,30,31). The lowest BCUT2D eigenvalue weighted by molar-refractivity contribution is -0.143. The highest BCUT2D eigenvalue weighted by Crippen LogP contribution is 2.29. The Morgan fingerprint density at radius 3 is 2.58 bits per heavy atom. The Bertz CT molecular complexity index is 1330. The van der Waals surface area contributed by atoms with Gasteiger partial charge in [-0.15, -0.1) is 0 Å². The van der Waals surface area contributed by atoms with Crippen molar-refractivity contribution in [3.63, 3.8) is 0 Å². The molecule has 1 amide bonds. The molecule has 1 aliphatic rings. The number of carbonyl (C=O) groups excluding carboxylic acids is 2. The van der Waals surface area contributed by atoms with E-state index in [1.54, 1.807) is 38.1 Å². The van der Waals surface area contributed by atoms with Gasteiger partial charge in [0.05, 0.1) is 30.5 Å². The second kappa shape index (κ2) is 8.74. The maximum atomic E-state index is 13.2. The summed E-state index contributed by atoms with van der Waals surface area (Å²) in [5, 5.41) is 15.9. The van der Waals surface area contributed by atoms with Gasteiger partial charge in [0, 0.05) is 22.7 Å². The van der Waals surface area contributed by atoms with Crippen LogP contribution in [0, 0.1) is 0 Å². The highest BCUT2D eigenvalue weighted by molar-refractivity contribution is 6.27. The zero-order valence-corrected chi connectivity index (χ0v) is 18.5. The molecule has 0 aliphatic carbocycles. The Kier molecular flexibility index (Phi) is 5.83. The third-order valence-electron chi connectivity index (χ3n) is 5.72. The van der Waals surface area contributed by atoms with Crippen LogP contribution >= 0.6 is 0 Å². The Hall–Kier alpha value is -4.20. The van der Waals surface area contributed by atoms with Gasteiger partial charge in [0.25, 0.3) is 5.91 Å². The third-order valence-corrected chi connectivity index (χ3v) is 5.72. The van der Waals surface area contributed by atoms with Crippen LogP contribution in [0.1, 0.15) is 41.4 Å². The molecule has 1 unspecified atom stereocenters. The summed E-state index contributed by atoms with van der Waals surface area (Å²) >= 11 is 0. The number of hydrazone groups is 1. The Morgan fingerprint density at radius 1 is 1.15 bits per heavy atom. The van der Waals surface area contributed by atoms with Crippen molar-refractivity contribution in [2.45, 2.75) is 26.4 Å². The lowest BCUT2D eigenvalue weighted by Gasteiger charge is -2.13. The predicted octanol–water partition coefficient (Wildman–Crippen LogP) is 3.88. The number of carboxylic acid groups (broad SMARTS) is 1. The van der Waals surface area contributed by atoms with Gasteiger partial charge in [0.1, 0.15) is 6.04 Å². The summed E-state index contributed by atoms with van der Waals surface area (Å²) in [5.74, 6) is -1.74. The summed E-state index contributed by atoms with van der Waals surface area (Å²) in [4.78, 5) is 36.8. The van der Waals surface area contributed by atoms with Crippen LogP contribution in [0.2, 0.25) is 0 Å². The van der Waals surface area contributed by atoms with Gasteiger partial charge in [-0.1, -0.05) is 36.4 Å². The van der Waals surface area contributed by atoms with Crippen molar-refractivity contribution >= 4 is 40.5 Å². The Balaban J connectivity index is 1.70. The number of rotatable bonds is 6. The van der Waals surface area contributed by atoms with Crippen LogP contribution in [0.4, 0.5) is 0 Å². The highest BCUT2D eigenvalue weighted by Gasteiger charge is 2.29. The fourth-order valence-corrected chi connectivity index (χ4v) is 3.98. The minimum absolute atomic E-state index is 0.0527. The number of carboxylic acids is 1. The maximum Gasteiger partial charge on any atom is 0.336 e. The predicted molar refractivity (Wildman–Crippen MR) is 124 cm³/mol. The number of aromatic nitrogens is 1. The molecule has 1 atom stereocenters. The summed E-state index contributed by atoms with van der Waals surface area (Å²) in [6.07, 6.45) is 3.58. The quantitative estimate of drug-likeness (QED) is 0.458. The Labute approximate surface area is 190 Å². The summed E-state index contributed by atoms with van der Waals surface area (Å²) < 4.78 is 6.71. The van der Waals surface area contributed by atoms with Crippen molar-refractivity contribution in [3.8, 4) is 0 Å². The lowest BCUT2D eigenvalue weighted by Crippen LogP contribution is -2.22. The monoisotopic (exact) mass is 445 g/mol. The molecule has 8 heteroatoms. The van der Waals surface area contributed by atoms with Crippen molar-refractivity contribution in [1.29, 1.82) is 0 Å². The number of methoxy groups -OCH3 is 1. The average Bonchev–Trinajstić information content (AvgIpc) is 3.31. The number of fused-ring (bicyclic) bond motifs is 1. The van der Waals surface area contributed by atoms with Gasteiger partial charge in [0.2, 0.25) is 0 Å². The number of aromatic carboxylic acids is 1. The fourth-order valence-electron chi connectivity index (χ4n) is 3.98. The second-order valence-corrected chi connectivity index (χ2v) is 7.78. The first-order valence-electron chi connectivity index (χ1n) is 10.4. The topological polar surface area (TPSA) is 101 Å². The van der Waals surface area contributed by atoms with E-state index in [1.165, 1.54) is 18.2 Å². The minimum Gasteiger partial charge on any atom is -0.478 e. The smallest absolute Gasteiger partial charge is 0.336 e. The van der Waals surface area contributed by atoms with Crippen LogP contribution in [0.25, 0.3) is 17.0 Å². The molecule has 168 valence electrons. The van der Waals surface area contributed by atoms with E-state index in [4.69, 9.17) is 4.74 Å². The molecule has 0 fully saturated rings. The van der Waals surface area contributed by atoms with Gasteiger partial charge in [-0.05, 0) is 37.6 Å². The number of para-hydroxylation sites is 1. The van der Waals surface area contributed by atoms with Crippen LogP contribution in [0.3, 0.4) is 0 Å². The molecule has 4 rings (SSSR count). The van der Waals surface area contributed by atoms with E-state index in [-0.39, 0.29) is 24.0 Å². The normalized spacial score (nSPS) is 15.7. The molecule has 33 heavy (non-hydrogen) atoms. The van der Waals surface area contributed by atoms with Crippen molar-refractivity contribution in [2.75, 3.05) is 7.11 Å². The molecule has 1 aliphatic heterocycles. The van der Waals surface area contributed by atoms with Crippen LogP contribution < -0.4 is 0 Å². The van der Waals surface area contributed by atoms with E-state index in [9.17, 15) is 19.5 Å². The number of nitrogens with zero attached hydrogens (tertiary/aromatic N) is 3. The van der Waals surface area contributed by atoms with Crippen molar-refractivity contribution in [2.24, 2.45) is 5.10 Å². The Morgan fingerprint density at radius 2 is 1.85 bits per heavy atom.